The van der Waals surface area contributed by atoms with Crippen LogP contribution in [0.1, 0.15) is 85.8 Å². The largest absolute Gasteiger partial charge is 0.481 e. The van der Waals surface area contributed by atoms with Gasteiger partial charge in [-0.3, -0.25) is 9.59 Å². The monoisotopic (exact) mass is 486 g/mol. The van der Waals surface area contributed by atoms with Crippen molar-refractivity contribution in [3.05, 3.63) is 39.5 Å². The highest BCUT2D eigenvalue weighted by Crippen LogP contribution is 2.49. The zero-order valence-electron chi connectivity index (χ0n) is 19.0. The Labute approximate surface area is 204 Å². The summed E-state index contributed by atoms with van der Waals surface area (Å²) in [5.74, 6) is -0.718. The van der Waals surface area contributed by atoms with Gasteiger partial charge in [-0.2, -0.15) is 0 Å². The number of carbonyl (C=O) groups is 2. The first-order valence-corrected chi connectivity index (χ1v) is 13.3. The van der Waals surface area contributed by atoms with Crippen LogP contribution in [0.2, 0.25) is 5.02 Å². The minimum absolute atomic E-state index is 0.0830. The van der Waals surface area contributed by atoms with Crippen LogP contribution in [-0.4, -0.2) is 28.0 Å². The smallest absolute Gasteiger partial charge is 0.306 e. The molecule has 3 saturated carbocycles. The number of aliphatic carboxylic acids is 1. The Morgan fingerprint density at radius 3 is 2.58 bits per heavy atom. The fourth-order valence-electron chi connectivity index (χ4n) is 5.21. The minimum atomic E-state index is -0.784. The van der Waals surface area contributed by atoms with E-state index < -0.39 is 5.97 Å². The van der Waals surface area contributed by atoms with Crippen LogP contribution in [0.5, 0.6) is 0 Å². The summed E-state index contributed by atoms with van der Waals surface area (Å²) in [5, 5.41) is 13.3. The number of carbonyl (C=O) groups excluding carboxylic acids is 1. The molecule has 176 valence electrons. The van der Waals surface area contributed by atoms with Gasteiger partial charge in [-0.15, -0.1) is 11.3 Å². The summed E-state index contributed by atoms with van der Waals surface area (Å²) in [6, 6.07) is 6.23. The van der Waals surface area contributed by atoms with E-state index in [1.807, 2.05) is 6.07 Å². The molecule has 2 N–H and O–H groups in total. The quantitative estimate of drug-likeness (QED) is 0.486. The van der Waals surface area contributed by atoms with Crippen molar-refractivity contribution in [1.82, 2.24) is 10.3 Å². The lowest BCUT2D eigenvalue weighted by molar-refractivity contribution is -0.145. The van der Waals surface area contributed by atoms with Crippen molar-refractivity contribution < 1.29 is 14.7 Å². The lowest BCUT2D eigenvalue weighted by Gasteiger charge is -2.32. The molecule has 0 radical (unpaired) electrons. The summed E-state index contributed by atoms with van der Waals surface area (Å²) in [7, 11) is 0. The molecule has 3 fully saturated rings. The summed E-state index contributed by atoms with van der Waals surface area (Å²) in [6.07, 6.45) is 10.5. The number of nitrogens with one attached hydrogen (secondary N) is 1. The number of carboxylic acid groups (broad SMARTS) is 1. The molecule has 1 amide bonds. The summed E-state index contributed by atoms with van der Waals surface area (Å²) in [6.45, 7) is 2.28. The number of thiazole rings is 1. The average Bonchev–Trinajstić information content (AvgIpc) is 3.37. The molecule has 2 aromatic rings. The van der Waals surface area contributed by atoms with E-state index in [1.165, 1.54) is 61.8 Å². The third kappa shape index (κ3) is 4.97. The maximum atomic E-state index is 13.0. The van der Waals surface area contributed by atoms with Crippen molar-refractivity contribution in [2.75, 3.05) is 0 Å². The van der Waals surface area contributed by atoms with E-state index in [2.05, 4.69) is 24.4 Å². The molecule has 1 aromatic heterocycles. The van der Waals surface area contributed by atoms with E-state index >= 15 is 0 Å². The number of halogens is 1. The Morgan fingerprint density at radius 2 is 1.91 bits per heavy atom. The van der Waals surface area contributed by atoms with Crippen LogP contribution in [0, 0.1) is 11.8 Å². The van der Waals surface area contributed by atoms with Gasteiger partial charge in [0.25, 0.3) is 5.91 Å². The zero-order valence-corrected chi connectivity index (χ0v) is 20.6. The number of rotatable bonds is 7. The maximum absolute atomic E-state index is 13.0. The second-order valence-electron chi connectivity index (χ2n) is 10.5. The molecular weight excluding hydrogens is 456 g/mol. The van der Waals surface area contributed by atoms with Gasteiger partial charge in [0.2, 0.25) is 0 Å². The van der Waals surface area contributed by atoms with Gasteiger partial charge in [-0.25, -0.2) is 4.98 Å². The third-order valence-electron chi connectivity index (χ3n) is 7.78. The number of nitrogens with zero attached hydrogens (tertiary/aromatic N) is 1. The Kier molecular flexibility index (Phi) is 6.25. The van der Waals surface area contributed by atoms with Gasteiger partial charge in [-0.05, 0) is 72.8 Å². The summed E-state index contributed by atoms with van der Waals surface area (Å²) < 4.78 is 0. The van der Waals surface area contributed by atoms with Crippen molar-refractivity contribution in [3.63, 3.8) is 0 Å². The van der Waals surface area contributed by atoms with Gasteiger partial charge >= 0.3 is 5.97 Å². The Balaban J connectivity index is 1.42. The second kappa shape index (κ2) is 9.03. The van der Waals surface area contributed by atoms with Crippen LogP contribution in [0.4, 0.5) is 0 Å². The molecule has 0 aliphatic heterocycles. The summed E-state index contributed by atoms with van der Waals surface area (Å²) >= 11 is 7.98. The first kappa shape index (κ1) is 22.9. The molecule has 3 aliphatic carbocycles. The van der Waals surface area contributed by atoms with Crippen LogP contribution in [-0.2, 0) is 16.6 Å². The molecule has 0 saturated heterocycles. The van der Waals surface area contributed by atoms with Crippen LogP contribution >= 0.6 is 22.9 Å². The highest BCUT2D eigenvalue weighted by atomic mass is 35.5. The van der Waals surface area contributed by atoms with E-state index in [0.717, 1.165) is 27.6 Å². The minimum Gasteiger partial charge on any atom is -0.481 e. The van der Waals surface area contributed by atoms with Crippen molar-refractivity contribution in [3.8, 4) is 10.4 Å². The van der Waals surface area contributed by atoms with Gasteiger partial charge in [0.15, 0.2) is 5.01 Å². The number of benzene rings is 1. The summed E-state index contributed by atoms with van der Waals surface area (Å²) in [4.78, 5) is 29.9. The lowest BCUT2D eigenvalue weighted by Crippen LogP contribution is -2.46. The Morgan fingerprint density at radius 1 is 1.18 bits per heavy atom. The van der Waals surface area contributed by atoms with Crippen molar-refractivity contribution in [2.24, 2.45) is 11.8 Å². The molecule has 5 rings (SSSR count). The highest BCUT2D eigenvalue weighted by molar-refractivity contribution is 7.17. The molecule has 1 heterocycles. The topological polar surface area (TPSA) is 79.3 Å². The normalized spacial score (nSPS) is 24.2. The Bertz CT molecular complexity index is 1070. The molecule has 0 atom stereocenters. The number of hydrogen-bond acceptors (Lipinski definition) is 4. The number of hydrogen-bond donors (Lipinski definition) is 2. The van der Waals surface area contributed by atoms with Gasteiger partial charge < -0.3 is 10.4 Å². The van der Waals surface area contributed by atoms with Crippen molar-refractivity contribution in [2.45, 2.75) is 82.6 Å². The molecule has 0 bridgehead atoms. The molecule has 33 heavy (non-hydrogen) atoms. The third-order valence-corrected chi connectivity index (χ3v) is 9.14. The fraction of sp³-hybridized carbons (Fsp3) is 0.577. The molecule has 7 heteroatoms. The highest BCUT2D eigenvalue weighted by Gasteiger charge is 2.39. The van der Waals surface area contributed by atoms with E-state index in [-0.39, 0.29) is 23.3 Å². The lowest BCUT2D eigenvalue weighted by atomic mass is 9.80. The SMILES string of the molecule is CC1(c2cc(Cl)cc(-c3sc(C(=O)N[C@H]4C[C@H](C(=O)O)C4)nc3CC3CCCCC3)c2)CC1. The predicted molar refractivity (Wildman–Crippen MR) is 131 cm³/mol. The maximum Gasteiger partial charge on any atom is 0.306 e. The molecule has 1 aromatic carbocycles. The average molecular weight is 487 g/mol. The second-order valence-corrected chi connectivity index (χ2v) is 11.9. The molecular formula is C26H31ClN2O3S. The molecule has 0 spiro atoms. The van der Waals surface area contributed by atoms with Crippen LogP contribution in [0.25, 0.3) is 10.4 Å². The fourth-order valence-corrected chi connectivity index (χ4v) is 6.43. The van der Waals surface area contributed by atoms with Gasteiger partial charge in [0, 0.05) is 11.1 Å². The summed E-state index contributed by atoms with van der Waals surface area (Å²) in [5.41, 5.74) is 3.53. The number of amides is 1. The van der Waals surface area contributed by atoms with Crippen LogP contribution < -0.4 is 5.32 Å². The first-order valence-electron chi connectivity index (χ1n) is 12.2. The van der Waals surface area contributed by atoms with Crippen LogP contribution in [0.3, 0.4) is 0 Å². The van der Waals surface area contributed by atoms with Crippen molar-refractivity contribution >= 4 is 34.8 Å². The molecule has 0 unspecified atom stereocenters. The van der Waals surface area contributed by atoms with E-state index in [1.54, 1.807) is 0 Å². The standard InChI is InChI=1S/C26H31ClN2O3S/c1-26(7-8-26)18-10-16(11-19(27)14-18)22-21(9-15-5-3-2-4-6-15)29-24(33-22)23(30)28-20-12-17(13-20)25(31)32/h10-11,14-15,17,20H,2-9,12-13H2,1H3,(H,28,30)(H,31,32)/t17-,20-. The van der Waals surface area contributed by atoms with Gasteiger partial charge in [0.05, 0.1) is 16.5 Å². The molecule has 5 nitrogen and oxygen atoms in total. The number of carboxylic acids is 1. The van der Waals surface area contributed by atoms with Crippen molar-refractivity contribution in [1.29, 1.82) is 0 Å². The van der Waals surface area contributed by atoms with E-state index in [0.29, 0.717) is 23.8 Å². The van der Waals surface area contributed by atoms with Gasteiger partial charge in [0.1, 0.15) is 0 Å². The van der Waals surface area contributed by atoms with Crippen LogP contribution in [0.15, 0.2) is 18.2 Å². The predicted octanol–water partition coefficient (Wildman–Crippen LogP) is 6.23. The molecule has 3 aliphatic rings. The van der Waals surface area contributed by atoms with Gasteiger partial charge in [-0.1, -0.05) is 50.6 Å². The number of aromatic nitrogens is 1. The zero-order chi connectivity index (χ0) is 23.2. The van der Waals surface area contributed by atoms with E-state index in [4.69, 9.17) is 21.7 Å². The first-order chi connectivity index (χ1) is 15.8. The Hall–Kier alpha value is -1.92. The van der Waals surface area contributed by atoms with E-state index in [9.17, 15) is 9.59 Å².